The number of carbonyl (C=O) groups excluding carboxylic acids is 2. The zero-order valence-corrected chi connectivity index (χ0v) is 11.1. The van der Waals surface area contributed by atoms with Crippen molar-refractivity contribution in [1.29, 1.82) is 0 Å². The number of rotatable bonds is 3. The Hall–Kier alpha value is -2.48. The number of nitro groups is 1. The number of nitrogens with zero attached hydrogens (tertiary/aromatic N) is 2. The van der Waals surface area contributed by atoms with Crippen LogP contribution in [-0.2, 0) is 14.4 Å². The third-order valence-electron chi connectivity index (χ3n) is 2.47. The molecular weight excluding hydrogens is 268 g/mol. The summed E-state index contributed by atoms with van der Waals surface area (Å²) in [6.45, 7) is 0. The van der Waals surface area contributed by atoms with Crippen molar-refractivity contribution in [2.75, 3.05) is 14.2 Å². The first-order chi connectivity index (χ1) is 9.49. The summed E-state index contributed by atoms with van der Waals surface area (Å²) in [6.07, 6.45) is 0.569. The number of methoxy groups -OCH3 is 1. The van der Waals surface area contributed by atoms with Gasteiger partial charge in [-0.1, -0.05) is 0 Å². The van der Waals surface area contributed by atoms with E-state index in [2.05, 4.69) is 4.84 Å². The molecule has 1 saturated heterocycles. The van der Waals surface area contributed by atoms with E-state index in [1.54, 1.807) is 12.1 Å². The van der Waals surface area contributed by atoms with Crippen LogP contribution in [0, 0.1) is 10.1 Å². The molecule has 2 rings (SSSR count). The van der Waals surface area contributed by atoms with Gasteiger partial charge in [0.2, 0.25) is 0 Å². The molecule has 1 heterocycles. The topological polar surface area (TPSA) is 99.0 Å². The molecule has 0 saturated carbocycles. The quantitative estimate of drug-likeness (QED) is 0.470. The van der Waals surface area contributed by atoms with Crippen LogP contribution in [0.4, 0.5) is 5.69 Å². The van der Waals surface area contributed by atoms with Gasteiger partial charge in [0.1, 0.15) is 5.75 Å². The Morgan fingerprint density at radius 2 is 1.60 bits per heavy atom. The Morgan fingerprint density at radius 1 is 1.10 bits per heavy atom. The van der Waals surface area contributed by atoms with E-state index >= 15 is 0 Å². The van der Waals surface area contributed by atoms with Crippen molar-refractivity contribution >= 4 is 17.5 Å². The van der Waals surface area contributed by atoms with Crippen LogP contribution in [0.1, 0.15) is 12.8 Å². The summed E-state index contributed by atoms with van der Waals surface area (Å²) in [7, 11) is 2.82. The average Bonchev–Trinajstić information content (AvgIpc) is 2.78. The normalized spacial score (nSPS) is 13.8. The fourth-order valence-corrected chi connectivity index (χ4v) is 1.46. The minimum atomic E-state index is -0.445. The standard InChI is InChI=1S/C7H7NO3.C5H7NO3/c1-11-7-4-2-6(3-5-7)8(9)10;1-9-6-4(7)2-3-5(6)8/h2-5H,1H3;2-3H2,1H3. The lowest BCUT2D eigenvalue weighted by Crippen LogP contribution is -2.27. The molecule has 0 spiro atoms. The summed E-state index contributed by atoms with van der Waals surface area (Å²) >= 11 is 0. The van der Waals surface area contributed by atoms with Crippen molar-refractivity contribution < 1.29 is 24.1 Å². The van der Waals surface area contributed by atoms with Crippen molar-refractivity contribution in [1.82, 2.24) is 5.06 Å². The SMILES string of the molecule is CON1C(=O)CCC1=O.COc1ccc([N+](=O)[O-])cc1. The summed E-state index contributed by atoms with van der Waals surface area (Å²) in [5, 5.41) is 11.0. The number of ether oxygens (including phenoxy) is 1. The van der Waals surface area contributed by atoms with E-state index in [-0.39, 0.29) is 30.3 Å². The molecule has 8 nitrogen and oxygen atoms in total. The molecule has 8 heteroatoms. The third kappa shape index (κ3) is 4.02. The van der Waals surface area contributed by atoms with Crippen LogP contribution in [0.25, 0.3) is 0 Å². The molecule has 0 aliphatic carbocycles. The largest absolute Gasteiger partial charge is 0.497 e. The number of carbonyl (C=O) groups is 2. The van der Waals surface area contributed by atoms with Gasteiger partial charge < -0.3 is 4.74 Å². The van der Waals surface area contributed by atoms with E-state index in [9.17, 15) is 19.7 Å². The van der Waals surface area contributed by atoms with Crippen LogP contribution in [0.5, 0.6) is 5.75 Å². The second kappa shape index (κ2) is 7.19. The summed E-state index contributed by atoms with van der Waals surface area (Å²) in [6, 6.07) is 5.91. The van der Waals surface area contributed by atoms with E-state index < -0.39 is 4.92 Å². The number of imide groups is 1. The molecule has 2 amide bonds. The zero-order chi connectivity index (χ0) is 15.1. The molecule has 0 aromatic heterocycles. The lowest BCUT2D eigenvalue weighted by atomic mass is 10.3. The number of hydroxylamine groups is 2. The van der Waals surface area contributed by atoms with Crippen LogP contribution in [0.15, 0.2) is 24.3 Å². The van der Waals surface area contributed by atoms with Crippen molar-refractivity contribution in [3.05, 3.63) is 34.4 Å². The molecule has 20 heavy (non-hydrogen) atoms. The van der Waals surface area contributed by atoms with Crippen molar-refractivity contribution in [2.45, 2.75) is 12.8 Å². The van der Waals surface area contributed by atoms with Gasteiger partial charge in [-0.25, -0.2) is 0 Å². The highest BCUT2D eigenvalue weighted by Crippen LogP contribution is 2.16. The predicted octanol–water partition coefficient (Wildman–Crippen LogP) is 1.30. The molecule has 0 atom stereocenters. The second-order valence-electron chi connectivity index (χ2n) is 3.72. The van der Waals surface area contributed by atoms with Gasteiger partial charge in [0.05, 0.1) is 19.1 Å². The van der Waals surface area contributed by atoms with Gasteiger partial charge in [-0.05, 0) is 12.1 Å². The smallest absolute Gasteiger partial charge is 0.269 e. The maximum absolute atomic E-state index is 10.6. The zero-order valence-electron chi connectivity index (χ0n) is 11.1. The fraction of sp³-hybridized carbons (Fsp3) is 0.333. The number of amides is 2. The van der Waals surface area contributed by atoms with Crippen LogP contribution in [0.3, 0.4) is 0 Å². The molecule has 0 radical (unpaired) electrons. The highest BCUT2D eigenvalue weighted by atomic mass is 16.7. The van der Waals surface area contributed by atoms with E-state index in [1.165, 1.54) is 26.4 Å². The van der Waals surface area contributed by atoms with Crippen molar-refractivity contribution in [2.24, 2.45) is 0 Å². The first kappa shape index (κ1) is 15.6. The van der Waals surface area contributed by atoms with Gasteiger partial charge in [0.25, 0.3) is 17.5 Å². The summed E-state index contributed by atoms with van der Waals surface area (Å²) in [5.74, 6) is 0.126. The Balaban J connectivity index is 0.000000204. The minimum absolute atomic E-state index is 0.0748. The molecule has 108 valence electrons. The first-order valence-corrected chi connectivity index (χ1v) is 5.68. The van der Waals surface area contributed by atoms with E-state index in [1.807, 2.05) is 0 Å². The lowest BCUT2D eigenvalue weighted by Gasteiger charge is -2.07. The monoisotopic (exact) mass is 282 g/mol. The average molecular weight is 282 g/mol. The predicted molar refractivity (Wildman–Crippen MR) is 67.7 cm³/mol. The van der Waals surface area contributed by atoms with E-state index in [0.29, 0.717) is 5.75 Å². The number of non-ortho nitro benzene ring substituents is 1. The van der Waals surface area contributed by atoms with Gasteiger partial charge in [-0.2, -0.15) is 5.06 Å². The highest BCUT2D eigenvalue weighted by molar-refractivity contribution is 6.00. The molecule has 0 N–H and O–H groups in total. The van der Waals surface area contributed by atoms with Gasteiger partial charge in [-0.3, -0.25) is 24.5 Å². The van der Waals surface area contributed by atoms with Gasteiger partial charge in [-0.15, -0.1) is 0 Å². The minimum Gasteiger partial charge on any atom is -0.497 e. The first-order valence-electron chi connectivity index (χ1n) is 5.68. The maximum atomic E-state index is 10.6. The van der Waals surface area contributed by atoms with Gasteiger partial charge in [0, 0.05) is 25.0 Å². The van der Waals surface area contributed by atoms with Crippen molar-refractivity contribution in [3.63, 3.8) is 0 Å². The Labute approximate surface area is 115 Å². The molecular formula is C12H14N2O6. The van der Waals surface area contributed by atoms with E-state index in [4.69, 9.17) is 4.74 Å². The second-order valence-corrected chi connectivity index (χ2v) is 3.72. The van der Waals surface area contributed by atoms with E-state index in [0.717, 1.165) is 5.06 Å². The molecule has 1 fully saturated rings. The number of hydrogen-bond donors (Lipinski definition) is 0. The number of nitro benzene ring substituents is 1. The van der Waals surface area contributed by atoms with Gasteiger partial charge >= 0.3 is 0 Å². The highest BCUT2D eigenvalue weighted by Gasteiger charge is 2.28. The van der Waals surface area contributed by atoms with Crippen molar-refractivity contribution in [3.8, 4) is 5.75 Å². The third-order valence-corrected chi connectivity index (χ3v) is 2.47. The summed E-state index contributed by atoms with van der Waals surface area (Å²) in [4.78, 5) is 35.4. The molecule has 1 aromatic rings. The molecule has 1 aliphatic rings. The Bertz CT molecular complexity index is 483. The Morgan fingerprint density at radius 3 is 1.90 bits per heavy atom. The van der Waals surface area contributed by atoms with Crippen LogP contribution < -0.4 is 4.74 Å². The summed E-state index contributed by atoms with van der Waals surface area (Å²) < 4.78 is 4.83. The molecule has 0 unspecified atom stereocenters. The van der Waals surface area contributed by atoms with Crippen LogP contribution in [-0.4, -0.2) is 36.0 Å². The molecule has 1 aromatic carbocycles. The number of benzene rings is 1. The summed E-state index contributed by atoms with van der Waals surface area (Å²) in [5.41, 5.74) is 0.0748. The van der Waals surface area contributed by atoms with Crippen LogP contribution >= 0.6 is 0 Å². The number of hydrogen-bond acceptors (Lipinski definition) is 6. The fourth-order valence-electron chi connectivity index (χ4n) is 1.46. The maximum Gasteiger partial charge on any atom is 0.269 e. The van der Waals surface area contributed by atoms with Crippen LogP contribution in [0.2, 0.25) is 0 Å². The molecule has 0 bridgehead atoms. The lowest BCUT2D eigenvalue weighted by molar-refractivity contribution is -0.384. The van der Waals surface area contributed by atoms with Gasteiger partial charge in [0.15, 0.2) is 0 Å². The Kier molecular flexibility index (Phi) is 5.60. The molecule has 1 aliphatic heterocycles.